The first-order chi connectivity index (χ1) is 16.2. The van der Waals surface area contributed by atoms with E-state index >= 15 is 0 Å². The lowest BCUT2D eigenvalue weighted by molar-refractivity contribution is -0.122. The molecular weight excluding hydrogens is 503 g/mol. The number of halogens is 2. The summed E-state index contributed by atoms with van der Waals surface area (Å²) in [6.45, 7) is 3.58. The fourth-order valence-corrected chi connectivity index (χ4v) is 3.91. The molecule has 0 aromatic heterocycles. The van der Waals surface area contributed by atoms with Crippen LogP contribution in [0.5, 0.6) is 5.75 Å². The minimum Gasteiger partial charge on any atom is -0.488 e. The van der Waals surface area contributed by atoms with Crippen LogP contribution in [-0.4, -0.2) is 17.8 Å². The fourth-order valence-electron chi connectivity index (χ4n) is 3.53. The zero-order valence-electron chi connectivity index (χ0n) is 18.4. The van der Waals surface area contributed by atoms with Crippen molar-refractivity contribution in [1.82, 2.24) is 5.32 Å². The quantitative estimate of drug-likeness (QED) is 0.357. The van der Waals surface area contributed by atoms with E-state index in [-0.39, 0.29) is 12.2 Å². The molecule has 0 unspecified atom stereocenters. The molecule has 1 fully saturated rings. The van der Waals surface area contributed by atoms with Crippen LogP contribution in [0.4, 0.5) is 14.9 Å². The second-order valence-electron chi connectivity index (χ2n) is 7.81. The molecule has 0 saturated carbocycles. The van der Waals surface area contributed by atoms with E-state index in [9.17, 15) is 18.8 Å². The number of aryl methyl sites for hydroxylation is 2. The third-order valence-electron chi connectivity index (χ3n) is 5.32. The predicted octanol–water partition coefficient (Wildman–Crippen LogP) is 5.45. The number of urea groups is 1. The summed E-state index contributed by atoms with van der Waals surface area (Å²) in [5.74, 6) is -1.61. The van der Waals surface area contributed by atoms with E-state index in [4.69, 9.17) is 4.74 Å². The van der Waals surface area contributed by atoms with Gasteiger partial charge >= 0.3 is 6.03 Å². The van der Waals surface area contributed by atoms with E-state index in [0.29, 0.717) is 32.6 Å². The largest absolute Gasteiger partial charge is 0.488 e. The Morgan fingerprint density at radius 3 is 2.56 bits per heavy atom. The maximum absolute atomic E-state index is 14.0. The number of anilines is 1. The Balaban J connectivity index is 1.71. The molecule has 1 heterocycles. The number of hydrogen-bond donors (Lipinski definition) is 1. The molecule has 4 rings (SSSR count). The fraction of sp³-hybridized carbons (Fsp3) is 0.115. The highest BCUT2D eigenvalue weighted by Crippen LogP contribution is 2.30. The summed E-state index contributed by atoms with van der Waals surface area (Å²) in [4.78, 5) is 39.4. The Kier molecular flexibility index (Phi) is 6.61. The van der Waals surface area contributed by atoms with Crippen molar-refractivity contribution >= 4 is 45.5 Å². The lowest BCUT2D eigenvalue weighted by Gasteiger charge is -2.28. The minimum absolute atomic E-state index is 0.0439. The van der Waals surface area contributed by atoms with Gasteiger partial charge in [0.1, 0.15) is 23.7 Å². The zero-order valence-corrected chi connectivity index (χ0v) is 20.0. The van der Waals surface area contributed by atoms with Crippen molar-refractivity contribution in [2.24, 2.45) is 0 Å². The van der Waals surface area contributed by atoms with Crippen LogP contribution in [0, 0.1) is 19.7 Å². The van der Waals surface area contributed by atoms with Gasteiger partial charge in [0.05, 0.1) is 5.69 Å². The number of barbiturate groups is 1. The van der Waals surface area contributed by atoms with Crippen LogP contribution in [0.1, 0.15) is 22.3 Å². The van der Waals surface area contributed by atoms with Crippen LogP contribution < -0.4 is 15.0 Å². The van der Waals surface area contributed by atoms with E-state index < -0.39 is 23.7 Å². The number of imide groups is 2. The van der Waals surface area contributed by atoms with Crippen molar-refractivity contribution in [3.05, 3.63) is 98.8 Å². The molecule has 3 aromatic carbocycles. The first kappa shape index (κ1) is 23.4. The van der Waals surface area contributed by atoms with Crippen molar-refractivity contribution in [1.29, 1.82) is 0 Å². The van der Waals surface area contributed by atoms with E-state index in [1.807, 2.05) is 13.0 Å². The monoisotopic (exact) mass is 522 g/mol. The summed E-state index contributed by atoms with van der Waals surface area (Å²) in [6.07, 6.45) is 1.36. The van der Waals surface area contributed by atoms with Crippen LogP contribution in [0.25, 0.3) is 6.08 Å². The lowest BCUT2D eigenvalue weighted by atomic mass is 10.0. The van der Waals surface area contributed by atoms with Gasteiger partial charge in [-0.15, -0.1) is 0 Å². The van der Waals surface area contributed by atoms with Crippen molar-refractivity contribution in [3.8, 4) is 5.75 Å². The maximum Gasteiger partial charge on any atom is 0.335 e. The topological polar surface area (TPSA) is 75.7 Å². The van der Waals surface area contributed by atoms with E-state index in [1.54, 1.807) is 55.5 Å². The van der Waals surface area contributed by atoms with Crippen LogP contribution in [-0.2, 0) is 16.2 Å². The summed E-state index contributed by atoms with van der Waals surface area (Å²) in [7, 11) is 0. The molecule has 0 radical (unpaired) electrons. The molecule has 1 aliphatic heterocycles. The minimum atomic E-state index is -0.814. The van der Waals surface area contributed by atoms with Gasteiger partial charge in [-0.25, -0.2) is 14.1 Å². The van der Waals surface area contributed by atoms with Crippen molar-refractivity contribution in [3.63, 3.8) is 0 Å². The number of carbonyl (C=O) groups excluding carboxylic acids is 3. The van der Waals surface area contributed by atoms with Crippen LogP contribution in [0.15, 0.2) is 70.7 Å². The van der Waals surface area contributed by atoms with Crippen LogP contribution >= 0.6 is 15.9 Å². The number of rotatable bonds is 5. The molecule has 172 valence electrons. The molecule has 3 aromatic rings. The highest BCUT2D eigenvalue weighted by molar-refractivity contribution is 9.10. The van der Waals surface area contributed by atoms with Crippen LogP contribution in [0.3, 0.4) is 0 Å². The SMILES string of the molecule is Cc1ccc(C)c(N2C(=O)NC(=O)/C(=C\c3cc(Br)ccc3OCc3ccccc3F)C2=O)c1. The first-order valence-corrected chi connectivity index (χ1v) is 11.2. The number of nitrogens with one attached hydrogen (secondary N) is 1. The Hall–Kier alpha value is -3.78. The normalized spacial score (nSPS) is 15.0. The number of benzene rings is 3. The molecule has 0 spiro atoms. The molecule has 6 nitrogen and oxygen atoms in total. The first-order valence-electron chi connectivity index (χ1n) is 10.4. The van der Waals surface area contributed by atoms with Gasteiger partial charge in [-0.3, -0.25) is 14.9 Å². The molecule has 34 heavy (non-hydrogen) atoms. The smallest absolute Gasteiger partial charge is 0.335 e. The lowest BCUT2D eigenvalue weighted by Crippen LogP contribution is -2.54. The Morgan fingerprint density at radius 2 is 1.79 bits per heavy atom. The van der Waals surface area contributed by atoms with Crippen LogP contribution in [0.2, 0.25) is 0 Å². The molecule has 1 aliphatic rings. The van der Waals surface area contributed by atoms with Gasteiger partial charge in [-0.1, -0.05) is 46.3 Å². The number of hydrogen-bond acceptors (Lipinski definition) is 4. The van der Waals surface area contributed by atoms with Crippen molar-refractivity contribution in [2.75, 3.05) is 4.90 Å². The average Bonchev–Trinajstić information content (AvgIpc) is 2.79. The summed E-state index contributed by atoms with van der Waals surface area (Å²) >= 11 is 3.38. The summed E-state index contributed by atoms with van der Waals surface area (Å²) in [5.41, 5.74) is 2.51. The summed E-state index contributed by atoms with van der Waals surface area (Å²) in [5, 5.41) is 2.23. The van der Waals surface area contributed by atoms with E-state index in [1.165, 1.54) is 12.1 Å². The van der Waals surface area contributed by atoms with E-state index in [0.717, 1.165) is 10.5 Å². The maximum atomic E-state index is 14.0. The number of nitrogens with zero attached hydrogens (tertiary/aromatic N) is 1. The molecule has 4 amide bonds. The zero-order chi connectivity index (χ0) is 24.4. The second kappa shape index (κ2) is 9.61. The number of amides is 4. The Labute approximate surface area is 204 Å². The molecular formula is C26H20BrFN2O4. The molecule has 0 bridgehead atoms. The third-order valence-corrected chi connectivity index (χ3v) is 5.81. The Morgan fingerprint density at radius 1 is 1.03 bits per heavy atom. The van der Waals surface area contributed by atoms with Gasteiger partial charge in [0.25, 0.3) is 11.8 Å². The van der Waals surface area contributed by atoms with Gasteiger partial charge < -0.3 is 4.74 Å². The van der Waals surface area contributed by atoms with Gasteiger partial charge in [-0.05, 0) is 61.4 Å². The number of ether oxygens (including phenoxy) is 1. The molecule has 0 aliphatic carbocycles. The third kappa shape index (κ3) is 4.77. The number of carbonyl (C=O) groups is 3. The van der Waals surface area contributed by atoms with Crippen molar-refractivity contribution in [2.45, 2.75) is 20.5 Å². The van der Waals surface area contributed by atoms with Gasteiger partial charge in [-0.2, -0.15) is 0 Å². The second-order valence-corrected chi connectivity index (χ2v) is 8.73. The van der Waals surface area contributed by atoms with E-state index in [2.05, 4.69) is 21.2 Å². The molecule has 0 atom stereocenters. The highest BCUT2D eigenvalue weighted by Gasteiger charge is 2.37. The van der Waals surface area contributed by atoms with Gasteiger partial charge in [0.2, 0.25) is 0 Å². The van der Waals surface area contributed by atoms with Gasteiger partial charge in [0, 0.05) is 15.6 Å². The average molecular weight is 523 g/mol. The highest BCUT2D eigenvalue weighted by atomic mass is 79.9. The Bertz CT molecular complexity index is 1350. The van der Waals surface area contributed by atoms with Gasteiger partial charge in [0.15, 0.2) is 0 Å². The molecule has 8 heteroatoms. The van der Waals surface area contributed by atoms with Crippen molar-refractivity contribution < 1.29 is 23.5 Å². The molecule has 1 N–H and O–H groups in total. The summed E-state index contributed by atoms with van der Waals surface area (Å²) < 4.78 is 20.5. The predicted molar refractivity (Wildman–Crippen MR) is 130 cm³/mol. The summed E-state index contributed by atoms with van der Waals surface area (Å²) in [6, 6.07) is 15.9. The molecule has 1 saturated heterocycles. The standard InChI is InChI=1S/C26H20BrFN2O4/c1-15-7-8-16(2)22(11-15)30-25(32)20(24(31)29-26(30)33)13-18-12-19(27)9-10-23(18)34-14-17-5-3-4-6-21(17)28/h3-13H,14H2,1-2H3,(H,29,31,33)/b20-13+.